The van der Waals surface area contributed by atoms with Crippen LogP contribution >= 0.6 is 22.6 Å². The Morgan fingerprint density at radius 1 is 1.32 bits per heavy atom. The van der Waals surface area contributed by atoms with Gasteiger partial charge in [-0.1, -0.05) is 0 Å². The van der Waals surface area contributed by atoms with E-state index in [1.165, 1.54) is 16.8 Å². The quantitative estimate of drug-likeness (QED) is 0.466. The first-order chi connectivity index (χ1) is 9.10. The molecule has 0 unspecified atom stereocenters. The highest BCUT2D eigenvalue weighted by Crippen LogP contribution is 2.27. The zero-order valence-electron chi connectivity index (χ0n) is 10.6. The van der Waals surface area contributed by atoms with Crippen molar-refractivity contribution in [2.75, 3.05) is 7.11 Å². The average molecular weight is 368 g/mol. The van der Waals surface area contributed by atoms with Gasteiger partial charge in [0.1, 0.15) is 11.5 Å². The Balaban J connectivity index is 2.26. The lowest BCUT2D eigenvalue weighted by Gasteiger charge is -2.02. The zero-order chi connectivity index (χ0) is 13.8. The molecule has 2 aromatic rings. The summed E-state index contributed by atoms with van der Waals surface area (Å²) in [6, 6.07) is 9.89. The predicted octanol–water partition coefficient (Wildman–Crippen LogP) is 4.05. The number of carbonyl (C=O) groups is 1. The van der Waals surface area contributed by atoms with Crippen molar-refractivity contribution in [1.82, 2.24) is 0 Å². The number of hydrogen-bond donors (Lipinski definition) is 0. The molecule has 0 bridgehead atoms. The van der Waals surface area contributed by atoms with Crippen LogP contribution in [0.5, 0.6) is 0 Å². The summed E-state index contributed by atoms with van der Waals surface area (Å²) in [4.78, 5) is 11.0. The first kappa shape index (κ1) is 13.9. The number of hydrogen-bond acceptors (Lipinski definition) is 3. The van der Waals surface area contributed by atoms with Crippen molar-refractivity contribution < 1.29 is 13.9 Å². The Morgan fingerprint density at radius 3 is 2.79 bits per heavy atom. The van der Waals surface area contributed by atoms with Crippen molar-refractivity contribution in [1.29, 1.82) is 0 Å². The van der Waals surface area contributed by atoms with Crippen molar-refractivity contribution >= 4 is 34.6 Å². The molecule has 19 heavy (non-hydrogen) atoms. The van der Waals surface area contributed by atoms with Crippen LogP contribution in [-0.2, 0) is 9.53 Å². The molecule has 0 aliphatic rings. The molecule has 4 heteroatoms. The maximum absolute atomic E-state index is 11.0. The second-order valence-corrected chi connectivity index (χ2v) is 5.26. The molecule has 0 amide bonds. The Morgan fingerprint density at radius 2 is 2.11 bits per heavy atom. The Labute approximate surface area is 125 Å². The summed E-state index contributed by atoms with van der Waals surface area (Å²) in [6.07, 6.45) is 2.93. The monoisotopic (exact) mass is 368 g/mol. The number of ether oxygens (including phenoxy) is 1. The Hall–Kier alpha value is -1.56. The first-order valence-electron chi connectivity index (χ1n) is 5.72. The molecular weight excluding hydrogens is 355 g/mol. The van der Waals surface area contributed by atoms with Crippen LogP contribution in [0.4, 0.5) is 0 Å². The van der Waals surface area contributed by atoms with Gasteiger partial charge in [0.05, 0.1) is 7.11 Å². The smallest absolute Gasteiger partial charge is 0.330 e. The number of methoxy groups -OCH3 is 1. The minimum atomic E-state index is -0.400. The fourth-order valence-electron chi connectivity index (χ4n) is 1.71. The number of aryl methyl sites for hydroxylation is 1. The SMILES string of the molecule is COC(=O)/C=C/c1ccc(-c2ccc(I)cc2C)o1. The number of rotatable bonds is 3. The molecule has 0 radical (unpaired) electrons. The lowest BCUT2D eigenvalue weighted by Crippen LogP contribution is -1.92. The maximum atomic E-state index is 11.0. The standard InChI is InChI=1S/C15H13IO3/c1-10-9-11(16)3-6-13(10)14-7-4-12(19-14)5-8-15(17)18-2/h3-9H,1-2H3/b8-5+. The summed E-state index contributed by atoms with van der Waals surface area (Å²) in [7, 11) is 1.34. The topological polar surface area (TPSA) is 39.4 Å². The van der Waals surface area contributed by atoms with Crippen LogP contribution in [0.2, 0.25) is 0 Å². The van der Waals surface area contributed by atoms with Crippen LogP contribution in [0.25, 0.3) is 17.4 Å². The molecule has 0 fully saturated rings. The number of carbonyl (C=O) groups excluding carboxylic acids is 1. The van der Waals surface area contributed by atoms with Crippen LogP contribution < -0.4 is 0 Å². The van der Waals surface area contributed by atoms with E-state index in [4.69, 9.17) is 4.42 Å². The molecule has 98 valence electrons. The summed E-state index contributed by atoms with van der Waals surface area (Å²) in [6.45, 7) is 2.05. The van der Waals surface area contributed by atoms with E-state index in [0.29, 0.717) is 5.76 Å². The number of halogens is 1. The van der Waals surface area contributed by atoms with Crippen LogP contribution in [0, 0.1) is 10.5 Å². The third-order valence-corrected chi connectivity index (χ3v) is 3.34. The molecule has 0 saturated carbocycles. The minimum Gasteiger partial charge on any atom is -0.466 e. The van der Waals surface area contributed by atoms with Gasteiger partial charge in [0.2, 0.25) is 0 Å². The van der Waals surface area contributed by atoms with E-state index in [9.17, 15) is 4.79 Å². The van der Waals surface area contributed by atoms with Crippen LogP contribution in [0.1, 0.15) is 11.3 Å². The fourth-order valence-corrected chi connectivity index (χ4v) is 2.36. The maximum Gasteiger partial charge on any atom is 0.330 e. The van der Waals surface area contributed by atoms with Gasteiger partial charge in [0.15, 0.2) is 0 Å². The molecule has 0 spiro atoms. The molecule has 2 rings (SSSR count). The van der Waals surface area contributed by atoms with Gasteiger partial charge in [-0.25, -0.2) is 4.79 Å². The highest BCUT2D eigenvalue weighted by molar-refractivity contribution is 14.1. The molecule has 0 aliphatic heterocycles. The van der Waals surface area contributed by atoms with E-state index < -0.39 is 5.97 Å². The third kappa shape index (κ3) is 3.47. The van der Waals surface area contributed by atoms with E-state index in [0.717, 1.165) is 16.9 Å². The number of esters is 1. The van der Waals surface area contributed by atoms with E-state index >= 15 is 0 Å². The minimum absolute atomic E-state index is 0.400. The normalized spacial score (nSPS) is 10.9. The molecule has 0 N–H and O–H groups in total. The Bertz CT molecular complexity index is 626. The molecule has 0 atom stereocenters. The van der Waals surface area contributed by atoms with Gasteiger partial charge in [-0.3, -0.25) is 0 Å². The van der Waals surface area contributed by atoms with E-state index in [-0.39, 0.29) is 0 Å². The van der Waals surface area contributed by atoms with E-state index in [2.05, 4.69) is 33.4 Å². The van der Waals surface area contributed by atoms with Crippen LogP contribution in [0.3, 0.4) is 0 Å². The van der Waals surface area contributed by atoms with Gasteiger partial charge < -0.3 is 9.15 Å². The van der Waals surface area contributed by atoms with Gasteiger partial charge >= 0.3 is 5.97 Å². The second kappa shape index (κ2) is 6.06. The van der Waals surface area contributed by atoms with Crippen LogP contribution in [0.15, 0.2) is 40.8 Å². The summed E-state index contributed by atoms with van der Waals surface area (Å²) in [5.41, 5.74) is 2.21. The Kier molecular flexibility index (Phi) is 4.42. The number of benzene rings is 1. The molecule has 0 saturated heterocycles. The molecule has 3 nitrogen and oxygen atoms in total. The van der Waals surface area contributed by atoms with Crippen molar-refractivity contribution in [2.24, 2.45) is 0 Å². The largest absolute Gasteiger partial charge is 0.466 e. The third-order valence-electron chi connectivity index (χ3n) is 2.67. The van der Waals surface area contributed by atoms with Crippen LogP contribution in [-0.4, -0.2) is 13.1 Å². The molecule has 1 heterocycles. The molecular formula is C15H13IO3. The van der Waals surface area contributed by atoms with E-state index in [1.807, 2.05) is 31.2 Å². The van der Waals surface area contributed by atoms with Crippen molar-refractivity contribution in [3.05, 3.63) is 51.3 Å². The first-order valence-corrected chi connectivity index (χ1v) is 6.80. The zero-order valence-corrected chi connectivity index (χ0v) is 12.8. The number of furan rings is 1. The van der Waals surface area contributed by atoms with Gasteiger partial charge in [0, 0.05) is 15.2 Å². The summed E-state index contributed by atoms with van der Waals surface area (Å²) < 4.78 is 11.4. The van der Waals surface area contributed by atoms with E-state index in [1.54, 1.807) is 6.08 Å². The van der Waals surface area contributed by atoms with Gasteiger partial charge in [-0.05, 0) is 71.5 Å². The second-order valence-electron chi connectivity index (χ2n) is 4.02. The van der Waals surface area contributed by atoms with Crippen molar-refractivity contribution in [2.45, 2.75) is 6.92 Å². The molecule has 1 aromatic heterocycles. The summed E-state index contributed by atoms with van der Waals surface area (Å²) in [5, 5.41) is 0. The summed E-state index contributed by atoms with van der Waals surface area (Å²) in [5.74, 6) is 1.01. The highest BCUT2D eigenvalue weighted by atomic mass is 127. The average Bonchev–Trinajstić information content (AvgIpc) is 2.84. The lowest BCUT2D eigenvalue weighted by molar-refractivity contribution is -0.134. The summed E-state index contributed by atoms with van der Waals surface area (Å²) >= 11 is 2.28. The fraction of sp³-hybridized carbons (Fsp3) is 0.133. The van der Waals surface area contributed by atoms with Gasteiger partial charge in [-0.15, -0.1) is 0 Å². The predicted molar refractivity (Wildman–Crippen MR) is 82.6 cm³/mol. The van der Waals surface area contributed by atoms with Gasteiger partial charge in [-0.2, -0.15) is 0 Å². The highest BCUT2D eigenvalue weighted by Gasteiger charge is 2.06. The van der Waals surface area contributed by atoms with Crippen molar-refractivity contribution in [3.63, 3.8) is 0 Å². The van der Waals surface area contributed by atoms with Gasteiger partial charge in [0.25, 0.3) is 0 Å². The molecule has 0 aliphatic carbocycles. The van der Waals surface area contributed by atoms with Crippen molar-refractivity contribution in [3.8, 4) is 11.3 Å². The lowest BCUT2D eigenvalue weighted by atomic mass is 10.1. The molecule has 1 aromatic carbocycles.